The summed E-state index contributed by atoms with van der Waals surface area (Å²) in [5, 5.41) is 12.2. The summed E-state index contributed by atoms with van der Waals surface area (Å²) in [5.74, 6) is -0.237. The van der Waals surface area contributed by atoms with E-state index < -0.39 is 0 Å². The highest BCUT2D eigenvalue weighted by Crippen LogP contribution is 2.25. The molecule has 0 fully saturated rings. The third-order valence-corrected chi connectivity index (χ3v) is 3.72. The lowest BCUT2D eigenvalue weighted by molar-refractivity contribution is 0.430. The first-order valence-electron chi connectivity index (χ1n) is 6.46. The molecule has 0 atom stereocenters. The van der Waals surface area contributed by atoms with Crippen molar-refractivity contribution in [2.45, 2.75) is 40.0 Å². The van der Waals surface area contributed by atoms with Crippen molar-refractivity contribution in [2.24, 2.45) is 5.41 Å². The molecule has 0 bridgehead atoms. The molecule has 1 aromatic carbocycles. The minimum Gasteiger partial charge on any atom is -0.385 e. The van der Waals surface area contributed by atoms with Crippen LogP contribution in [0.2, 0.25) is 0 Å². The number of hydrogen-bond acceptors (Lipinski definition) is 2. The Morgan fingerprint density at radius 2 is 2.05 bits per heavy atom. The van der Waals surface area contributed by atoms with E-state index in [1.165, 1.54) is 6.07 Å². The highest BCUT2D eigenvalue weighted by molar-refractivity contribution is 9.10. The van der Waals surface area contributed by atoms with Gasteiger partial charge in [-0.15, -0.1) is 0 Å². The second-order valence-corrected chi connectivity index (χ2v) is 6.32. The number of unbranched alkanes of at least 4 members (excludes halogenated alkanes) is 1. The Morgan fingerprint density at radius 3 is 2.68 bits per heavy atom. The van der Waals surface area contributed by atoms with E-state index in [0.29, 0.717) is 4.47 Å². The second kappa shape index (κ2) is 6.91. The van der Waals surface area contributed by atoms with Crippen molar-refractivity contribution in [3.05, 3.63) is 28.0 Å². The van der Waals surface area contributed by atoms with Crippen molar-refractivity contribution >= 4 is 21.6 Å². The molecule has 4 heteroatoms. The fourth-order valence-corrected chi connectivity index (χ4v) is 2.15. The molecule has 0 unspecified atom stereocenters. The summed E-state index contributed by atoms with van der Waals surface area (Å²) in [4.78, 5) is 0. The quantitative estimate of drug-likeness (QED) is 0.744. The second-order valence-electron chi connectivity index (χ2n) is 5.46. The summed E-state index contributed by atoms with van der Waals surface area (Å²) in [6.07, 6.45) is 2.91. The van der Waals surface area contributed by atoms with Gasteiger partial charge in [0.1, 0.15) is 5.82 Å². The number of nitriles is 1. The standard InChI is InChI=1S/C15H20BrFN2/c1-11-8-13(17)12(16)9-14(11)19-7-5-4-6-15(2,3)10-18/h8-9,19H,4-7H2,1-3H3. The Bertz CT molecular complexity index is 478. The van der Waals surface area contributed by atoms with Gasteiger partial charge in [0, 0.05) is 12.2 Å². The molecular formula is C15H20BrFN2. The molecule has 0 aliphatic carbocycles. The number of aryl methyl sites for hydroxylation is 1. The van der Waals surface area contributed by atoms with Crippen LogP contribution in [-0.2, 0) is 0 Å². The van der Waals surface area contributed by atoms with Crippen LogP contribution < -0.4 is 5.32 Å². The Balaban J connectivity index is 2.39. The maximum Gasteiger partial charge on any atom is 0.137 e. The highest BCUT2D eigenvalue weighted by atomic mass is 79.9. The number of benzene rings is 1. The molecule has 0 amide bonds. The van der Waals surface area contributed by atoms with Gasteiger partial charge in [-0.2, -0.15) is 5.26 Å². The SMILES string of the molecule is Cc1cc(F)c(Br)cc1NCCCCC(C)(C)C#N. The van der Waals surface area contributed by atoms with Crippen molar-refractivity contribution in [3.8, 4) is 6.07 Å². The van der Waals surface area contributed by atoms with Gasteiger partial charge < -0.3 is 5.32 Å². The fraction of sp³-hybridized carbons (Fsp3) is 0.533. The van der Waals surface area contributed by atoms with Gasteiger partial charge in [-0.1, -0.05) is 6.42 Å². The van der Waals surface area contributed by atoms with E-state index in [9.17, 15) is 4.39 Å². The maximum absolute atomic E-state index is 13.3. The zero-order valence-corrected chi connectivity index (χ0v) is 13.3. The number of anilines is 1. The summed E-state index contributed by atoms with van der Waals surface area (Å²) >= 11 is 3.19. The lowest BCUT2D eigenvalue weighted by atomic mass is 9.89. The molecule has 19 heavy (non-hydrogen) atoms. The normalized spacial score (nSPS) is 11.2. The Kier molecular flexibility index (Phi) is 5.81. The topological polar surface area (TPSA) is 35.8 Å². The minimum absolute atomic E-state index is 0.237. The fourth-order valence-electron chi connectivity index (χ4n) is 1.81. The molecule has 1 aromatic rings. The Labute approximate surface area is 123 Å². The van der Waals surface area contributed by atoms with Crippen molar-refractivity contribution in [2.75, 3.05) is 11.9 Å². The summed E-state index contributed by atoms with van der Waals surface area (Å²) in [6, 6.07) is 5.59. The van der Waals surface area contributed by atoms with Crippen LogP contribution in [0.4, 0.5) is 10.1 Å². The van der Waals surface area contributed by atoms with E-state index >= 15 is 0 Å². The number of rotatable bonds is 6. The number of halogens is 2. The first-order chi connectivity index (χ1) is 8.85. The maximum atomic E-state index is 13.3. The van der Waals surface area contributed by atoms with Crippen LogP contribution in [0.15, 0.2) is 16.6 Å². The van der Waals surface area contributed by atoms with Gasteiger partial charge in [-0.3, -0.25) is 0 Å². The molecule has 1 N–H and O–H groups in total. The van der Waals surface area contributed by atoms with Crippen molar-refractivity contribution in [1.82, 2.24) is 0 Å². The third kappa shape index (κ3) is 5.20. The van der Waals surface area contributed by atoms with Crippen molar-refractivity contribution in [3.63, 3.8) is 0 Å². The summed E-state index contributed by atoms with van der Waals surface area (Å²) in [7, 11) is 0. The smallest absolute Gasteiger partial charge is 0.137 e. The lowest BCUT2D eigenvalue weighted by Crippen LogP contribution is -2.09. The number of nitrogens with zero attached hydrogens (tertiary/aromatic N) is 1. The molecule has 0 heterocycles. The molecule has 104 valence electrons. The molecule has 0 saturated heterocycles. The van der Waals surface area contributed by atoms with Gasteiger partial charge in [-0.05, 0) is 67.2 Å². The molecular weight excluding hydrogens is 307 g/mol. The molecule has 0 spiro atoms. The average molecular weight is 327 g/mol. The van der Waals surface area contributed by atoms with Crippen LogP contribution in [0, 0.1) is 29.5 Å². The Hall–Kier alpha value is -1.08. The van der Waals surface area contributed by atoms with Crippen LogP contribution in [0.5, 0.6) is 0 Å². The monoisotopic (exact) mass is 326 g/mol. The van der Waals surface area contributed by atoms with Crippen molar-refractivity contribution < 1.29 is 4.39 Å². The molecule has 2 nitrogen and oxygen atoms in total. The molecule has 0 radical (unpaired) electrons. The van der Waals surface area contributed by atoms with Gasteiger partial charge in [0.2, 0.25) is 0 Å². The van der Waals surface area contributed by atoms with Crippen LogP contribution in [-0.4, -0.2) is 6.54 Å². The molecule has 0 saturated carbocycles. The lowest BCUT2D eigenvalue weighted by Gasteiger charge is -2.15. The van der Waals surface area contributed by atoms with Gasteiger partial charge in [0.15, 0.2) is 0 Å². The Morgan fingerprint density at radius 1 is 1.37 bits per heavy atom. The van der Waals surface area contributed by atoms with Crippen LogP contribution in [0.1, 0.15) is 38.7 Å². The highest BCUT2D eigenvalue weighted by Gasteiger charge is 2.15. The van der Waals surface area contributed by atoms with Crippen LogP contribution in [0.3, 0.4) is 0 Å². The van der Waals surface area contributed by atoms with E-state index in [0.717, 1.165) is 37.1 Å². The number of nitrogens with one attached hydrogen (secondary N) is 1. The molecule has 0 aromatic heterocycles. The third-order valence-electron chi connectivity index (χ3n) is 3.11. The summed E-state index contributed by atoms with van der Waals surface area (Å²) < 4.78 is 13.7. The summed E-state index contributed by atoms with van der Waals surface area (Å²) in [6.45, 7) is 6.64. The van der Waals surface area contributed by atoms with Gasteiger partial charge in [0.25, 0.3) is 0 Å². The minimum atomic E-state index is -0.241. The molecule has 0 aliphatic rings. The van der Waals surface area contributed by atoms with E-state index in [2.05, 4.69) is 27.3 Å². The first kappa shape index (κ1) is 16.0. The van der Waals surface area contributed by atoms with Crippen LogP contribution >= 0.6 is 15.9 Å². The van der Waals surface area contributed by atoms with E-state index in [-0.39, 0.29) is 11.2 Å². The van der Waals surface area contributed by atoms with Gasteiger partial charge >= 0.3 is 0 Å². The molecule has 0 aliphatic heterocycles. The molecule has 1 rings (SSSR count). The van der Waals surface area contributed by atoms with E-state index in [1.54, 1.807) is 6.07 Å². The predicted octanol–water partition coefficient (Wildman–Crippen LogP) is 5.03. The van der Waals surface area contributed by atoms with Crippen molar-refractivity contribution in [1.29, 1.82) is 5.26 Å². The zero-order valence-electron chi connectivity index (χ0n) is 11.7. The van der Waals surface area contributed by atoms with Gasteiger partial charge in [-0.25, -0.2) is 4.39 Å². The van der Waals surface area contributed by atoms with E-state index in [4.69, 9.17) is 5.26 Å². The summed E-state index contributed by atoms with van der Waals surface area (Å²) in [5.41, 5.74) is 1.61. The van der Waals surface area contributed by atoms with E-state index in [1.807, 2.05) is 20.8 Å². The predicted molar refractivity (Wildman–Crippen MR) is 80.6 cm³/mol. The van der Waals surface area contributed by atoms with Crippen LogP contribution in [0.25, 0.3) is 0 Å². The van der Waals surface area contributed by atoms with Gasteiger partial charge in [0.05, 0.1) is 16.0 Å². The zero-order chi connectivity index (χ0) is 14.5. The largest absolute Gasteiger partial charge is 0.385 e. The first-order valence-corrected chi connectivity index (χ1v) is 7.26. The average Bonchev–Trinajstić information content (AvgIpc) is 2.35. The number of hydrogen-bond donors (Lipinski definition) is 1.